The summed E-state index contributed by atoms with van der Waals surface area (Å²) in [4.78, 5) is 36.1. The molecule has 0 aliphatic carbocycles. The second-order valence-electron chi connectivity index (χ2n) is 10.5. The molecule has 6 nitrogen and oxygen atoms in total. The topological polar surface area (TPSA) is 58.4 Å². The molecule has 0 bridgehead atoms. The van der Waals surface area contributed by atoms with Crippen molar-refractivity contribution in [2.24, 2.45) is 0 Å². The Morgan fingerprint density at radius 2 is 1.63 bits per heavy atom. The van der Waals surface area contributed by atoms with Crippen LogP contribution in [0.25, 0.3) is 16.6 Å². The largest absolute Gasteiger partial charge is 0.331 e. The van der Waals surface area contributed by atoms with Gasteiger partial charge in [-0.25, -0.2) is 9.37 Å². The molecule has 0 fully saturated rings. The Balaban J connectivity index is 1.96. The molecule has 206 valence electrons. The van der Waals surface area contributed by atoms with Gasteiger partial charge in [-0.2, -0.15) is 0 Å². The van der Waals surface area contributed by atoms with E-state index < -0.39 is 6.04 Å². The van der Waals surface area contributed by atoms with E-state index in [4.69, 9.17) is 4.98 Å². The van der Waals surface area contributed by atoms with Gasteiger partial charge in [0.2, 0.25) is 5.91 Å². The van der Waals surface area contributed by atoms with Crippen molar-refractivity contribution in [3.8, 4) is 5.69 Å². The van der Waals surface area contributed by atoms with Crippen LogP contribution in [0.3, 0.4) is 0 Å². The van der Waals surface area contributed by atoms with Crippen molar-refractivity contribution in [1.82, 2.24) is 19.4 Å². The number of unbranched alkanes of at least 4 members (excludes halogenated alkanes) is 6. The summed E-state index contributed by atoms with van der Waals surface area (Å²) in [7, 11) is 3.96. The van der Waals surface area contributed by atoms with Crippen LogP contribution in [0.2, 0.25) is 0 Å². The zero-order chi connectivity index (χ0) is 27.7. The summed E-state index contributed by atoms with van der Waals surface area (Å²) < 4.78 is 15.3. The van der Waals surface area contributed by atoms with Gasteiger partial charge in [0.15, 0.2) is 0 Å². The maximum Gasteiger partial charge on any atom is 0.266 e. The van der Waals surface area contributed by atoms with Gasteiger partial charge in [-0.3, -0.25) is 14.2 Å². The van der Waals surface area contributed by atoms with Gasteiger partial charge in [-0.05, 0) is 70.8 Å². The number of rotatable bonds is 14. The minimum Gasteiger partial charge on any atom is -0.331 e. The summed E-state index contributed by atoms with van der Waals surface area (Å²) in [6, 6.07) is 11.0. The first-order valence-corrected chi connectivity index (χ1v) is 14.0. The lowest BCUT2D eigenvalue weighted by Gasteiger charge is -2.31. The number of carbonyl (C=O) groups is 1. The highest BCUT2D eigenvalue weighted by atomic mass is 19.1. The standard InChI is InChI=1S/C31H43FN4O2/c1-6-7-8-9-10-11-12-13-29(37)35(21-20-34(4)5)24(3)30-33-28-19-14-23(2)22-27(28)31(38)36(30)26-17-15-25(32)16-18-26/h14-19,22,24H,6-13,20-21H2,1-5H3. The number of benzene rings is 2. The number of hydrogen-bond acceptors (Lipinski definition) is 4. The Bertz CT molecular complexity index is 1250. The monoisotopic (exact) mass is 522 g/mol. The van der Waals surface area contributed by atoms with E-state index in [9.17, 15) is 14.0 Å². The molecule has 2 aromatic carbocycles. The molecule has 0 saturated heterocycles. The second kappa shape index (κ2) is 14.2. The van der Waals surface area contributed by atoms with E-state index in [1.54, 1.807) is 12.1 Å². The van der Waals surface area contributed by atoms with Crippen LogP contribution in [0, 0.1) is 12.7 Å². The van der Waals surface area contributed by atoms with Crippen LogP contribution >= 0.6 is 0 Å². The van der Waals surface area contributed by atoms with Gasteiger partial charge in [0.25, 0.3) is 5.56 Å². The number of fused-ring (bicyclic) bond motifs is 1. The van der Waals surface area contributed by atoms with Crippen molar-refractivity contribution in [2.45, 2.75) is 78.2 Å². The number of amides is 1. The maximum atomic E-state index is 13.8. The van der Waals surface area contributed by atoms with E-state index in [1.807, 2.05) is 55.9 Å². The Labute approximate surface area is 226 Å². The Kier molecular flexibility index (Phi) is 11.0. The van der Waals surface area contributed by atoms with Crippen molar-refractivity contribution in [2.75, 3.05) is 27.2 Å². The molecule has 1 atom stereocenters. The molecule has 3 aromatic rings. The van der Waals surface area contributed by atoms with Crippen LogP contribution in [-0.4, -0.2) is 52.4 Å². The van der Waals surface area contributed by atoms with Crippen LogP contribution in [0.1, 0.15) is 82.6 Å². The molecule has 0 saturated carbocycles. The zero-order valence-corrected chi connectivity index (χ0v) is 23.7. The van der Waals surface area contributed by atoms with Crippen molar-refractivity contribution in [3.05, 3.63) is 70.0 Å². The minimum absolute atomic E-state index is 0.0665. The van der Waals surface area contributed by atoms with E-state index in [2.05, 4.69) is 6.92 Å². The predicted octanol–water partition coefficient (Wildman–Crippen LogP) is 6.43. The highest BCUT2D eigenvalue weighted by Crippen LogP contribution is 2.24. The van der Waals surface area contributed by atoms with E-state index in [-0.39, 0.29) is 17.3 Å². The smallest absolute Gasteiger partial charge is 0.266 e. The number of aromatic nitrogens is 2. The molecule has 1 aromatic heterocycles. The lowest BCUT2D eigenvalue weighted by Crippen LogP contribution is -2.40. The van der Waals surface area contributed by atoms with Gasteiger partial charge in [0.1, 0.15) is 11.6 Å². The first-order valence-electron chi connectivity index (χ1n) is 14.0. The lowest BCUT2D eigenvalue weighted by molar-refractivity contribution is -0.133. The van der Waals surface area contributed by atoms with Crippen LogP contribution in [-0.2, 0) is 4.79 Å². The predicted molar refractivity (Wildman–Crippen MR) is 153 cm³/mol. The number of hydrogen-bond donors (Lipinski definition) is 0. The average Bonchev–Trinajstić information content (AvgIpc) is 2.89. The van der Waals surface area contributed by atoms with E-state index in [0.29, 0.717) is 41.9 Å². The van der Waals surface area contributed by atoms with Crippen LogP contribution in [0.4, 0.5) is 4.39 Å². The Morgan fingerprint density at radius 1 is 0.974 bits per heavy atom. The minimum atomic E-state index is -0.449. The van der Waals surface area contributed by atoms with E-state index in [1.165, 1.54) is 42.4 Å². The second-order valence-corrected chi connectivity index (χ2v) is 10.5. The maximum absolute atomic E-state index is 13.8. The molecular formula is C31H43FN4O2. The first-order chi connectivity index (χ1) is 18.2. The molecule has 0 spiro atoms. The lowest BCUT2D eigenvalue weighted by atomic mass is 10.1. The molecule has 0 N–H and O–H groups in total. The van der Waals surface area contributed by atoms with Gasteiger partial charge in [0.05, 0.1) is 22.6 Å². The van der Waals surface area contributed by atoms with Crippen LogP contribution < -0.4 is 5.56 Å². The molecule has 0 aliphatic rings. The van der Waals surface area contributed by atoms with Gasteiger partial charge >= 0.3 is 0 Å². The fraction of sp³-hybridized carbons (Fsp3) is 0.516. The summed E-state index contributed by atoms with van der Waals surface area (Å²) in [5.74, 6) is 0.167. The molecule has 1 heterocycles. The summed E-state index contributed by atoms with van der Waals surface area (Å²) in [5.41, 5.74) is 1.86. The molecule has 0 aliphatic heterocycles. The van der Waals surface area contributed by atoms with Gasteiger partial charge in [-0.15, -0.1) is 0 Å². The number of carbonyl (C=O) groups excluding carboxylic acids is 1. The molecule has 1 amide bonds. The SMILES string of the molecule is CCCCCCCCCC(=O)N(CCN(C)C)C(C)c1nc2ccc(C)cc2c(=O)n1-c1ccc(F)cc1. The third kappa shape index (κ3) is 7.73. The van der Waals surface area contributed by atoms with E-state index >= 15 is 0 Å². The van der Waals surface area contributed by atoms with Crippen molar-refractivity contribution in [1.29, 1.82) is 0 Å². The average molecular weight is 523 g/mol. The van der Waals surface area contributed by atoms with Gasteiger partial charge < -0.3 is 9.80 Å². The Hall–Kier alpha value is -3.06. The van der Waals surface area contributed by atoms with Crippen molar-refractivity contribution >= 4 is 16.8 Å². The van der Waals surface area contributed by atoms with Crippen LogP contribution in [0.15, 0.2) is 47.3 Å². The van der Waals surface area contributed by atoms with Crippen LogP contribution in [0.5, 0.6) is 0 Å². The summed E-state index contributed by atoms with van der Waals surface area (Å²) in [6.45, 7) is 7.29. The van der Waals surface area contributed by atoms with E-state index in [0.717, 1.165) is 24.8 Å². The van der Waals surface area contributed by atoms with Crippen molar-refractivity contribution < 1.29 is 9.18 Å². The third-order valence-corrected chi connectivity index (χ3v) is 7.08. The normalized spacial score (nSPS) is 12.3. The highest BCUT2D eigenvalue weighted by molar-refractivity contribution is 5.79. The molecular weight excluding hydrogens is 479 g/mol. The fourth-order valence-electron chi connectivity index (χ4n) is 4.79. The summed E-state index contributed by atoms with van der Waals surface area (Å²) in [5, 5.41) is 0.500. The van der Waals surface area contributed by atoms with Gasteiger partial charge in [0, 0.05) is 19.5 Å². The number of aryl methyl sites for hydroxylation is 1. The number of halogens is 1. The quantitative estimate of drug-likeness (QED) is 0.229. The Morgan fingerprint density at radius 3 is 2.29 bits per heavy atom. The molecule has 38 heavy (non-hydrogen) atoms. The summed E-state index contributed by atoms with van der Waals surface area (Å²) >= 11 is 0. The first kappa shape index (κ1) is 29.5. The number of likely N-dealkylation sites (N-methyl/N-ethyl adjacent to an activating group) is 1. The third-order valence-electron chi connectivity index (χ3n) is 7.08. The summed E-state index contributed by atoms with van der Waals surface area (Å²) in [6.07, 6.45) is 8.48. The molecule has 7 heteroatoms. The zero-order valence-electron chi connectivity index (χ0n) is 23.7. The molecule has 3 rings (SSSR count). The highest BCUT2D eigenvalue weighted by Gasteiger charge is 2.26. The molecule has 1 unspecified atom stereocenters. The van der Waals surface area contributed by atoms with Crippen molar-refractivity contribution in [3.63, 3.8) is 0 Å². The molecule has 0 radical (unpaired) electrons. The fourth-order valence-corrected chi connectivity index (χ4v) is 4.79. The van der Waals surface area contributed by atoms with Gasteiger partial charge in [-0.1, -0.05) is 57.1 Å². The number of nitrogens with zero attached hydrogens (tertiary/aromatic N) is 4.